The average molecular weight is 257 g/mol. The summed E-state index contributed by atoms with van der Waals surface area (Å²) < 4.78 is 44.3. The minimum absolute atomic E-state index is 0.0361. The van der Waals surface area contributed by atoms with Crippen molar-refractivity contribution >= 4 is 19.7 Å². The van der Waals surface area contributed by atoms with Gasteiger partial charge in [0.05, 0.1) is 17.3 Å². The molecule has 15 heavy (non-hydrogen) atoms. The third-order valence-corrected chi connectivity index (χ3v) is 4.65. The maximum absolute atomic E-state index is 11.4. The van der Waals surface area contributed by atoms with E-state index in [-0.39, 0.29) is 29.7 Å². The van der Waals surface area contributed by atoms with Crippen molar-refractivity contribution in [2.24, 2.45) is 5.73 Å². The minimum Gasteiger partial charge on any atom is -0.328 e. The summed E-state index contributed by atoms with van der Waals surface area (Å²) in [5.74, 6) is -0.119. The van der Waals surface area contributed by atoms with Crippen molar-refractivity contribution in [3.05, 3.63) is 0 Å². The molecule has 7 heteroatoms. The Labute approximate surface area is 91.9 Å². The van der Waals surface area contributed by atoms with Crippen molar-refractivity contribution in [1.82, 2.24) is 0 Å². The monoisotopic (exact) mass is 257 g/mol. The maximum atomic E-state index is 11.4. The zero-order valence-electron chi connectivity index (χ0n) is 9.14. The van der Waals surface area contributed by atoms with E-state index in [0.29, 0.717) is 6.42 Å². The summed E-state index contributed by atoms with van der Waals surface area (Å²) in [4.78, 5) is 0. The highest BCUT2D eigenvalue weighted by molar-refractivity contribution is 7.92. The van der Waals surface area contributed by atoms with E-state index in [4.69, 9.17) is 5.73 Å². The summed E-state index contributed by atoms with van der Waals surface area (Å²) in [6.45, 7) is 1.74. The van der Waals surface area contributed by atoms with Gasteiger partial charge in [0, 0.05) is 12.3 Å². The molecule has 1 atom stereocenters. The molecule has 0 saturated heterocycles. The van der Waals surface area contributed by atoms with E-state index < -0.39 is 19.7 Å². The third kappa shape index (κ3) is 10.1. The highest BCUT2D eigenvalue weighted by atomic mass is 32.2. The van der Waals surface area contributed by atoms with E-state index in [1.165, 1.54) is 0 Å². The molecule has 0 saturated carbocycles. The average Bonchev–Trinajstić information content (AvgIpc) is 1.98. The highest BCUT2D eigenvalue weighted by Gasteiger charge is 2.13. The van der Waals surface area contributed by atoms with Gasteiger partial charge < -0.3 is 5.73 Å². The lowest BCUT2D eigenvalue weighted by atomic mass is 10.3. The van der Waals surface area contributed by atoms with E-state index in [2.05, 4.69) is 0 Å². The van der Waals surface area contributed by atoms with Crippen LogP contribution in [0, 0.1) is 0 Å². The van der Waals surface area contributed by atoms with Crippen LogP contribution in [0.4, 0.5) is 0 Å². The normalized spacial score (nSPS) is 15.1. The maximum Gasteiger partial charge on any atom is 0.150 e. The second kappa shape index (κ2) is 5.81. The van der Waals surface area contributed by atoms with E-state index in [0.717, 1.165) is 6.26 Å². The standard InChI is InChI=1S/C8H19NO4S2/c1-8(9)4-7-15(12,13)6-3-5-14(2,10)11/h8H,3-7,9H2,1-2H3. The molecule has 1 unspecified atom stereocenters. The van der Waals surface area contributed by atoms with Crippen LogP contribution < -0.4 is 5.73 Å². The lowest BCUT2D eigenvalue weighted by Crippen LogP contribution is -2.22. The molecule has 0 radical (unpaired) electrons. The van der Waals surface area contributed by atoms with E-state index in [1.807, 2.05) is 0 Å². The molecule has 92 valence electrons. The fraction of sp³-hybridized carbons (Fsp3) is 1.00. The van der Waals surface area contributed by atoms with Gasteiger partial charge in [0.2, 0.25) is 0 Å². The van der Waals surface area contributed by atoms with Gasteiger partial charge in [-0.1, -0.05) is 0 Å². The smallest absolute Gasteiger partial charge is 0.150 e. The second-order valence-electron chi connectivity index (χ2n) is 3.90. The topological polar surface area (TPSA) is 94.3 Å². The van der Waals surface area contributed by atoms with Crippen molar-refractivity contribution in [3.8, 4) is 0 Å². The predicted molar refractivity (Wildman–Crippen MR) is 61.2 cm³/mol. The largest absolute Gasteiger partial charge is 0.328 e. The number of hydrogen-bond acceptors (Lipinski definition) is 5. The first-order valence-corrected chi connectivity index (χ1v) is 8.64. The lowest BCUT2D eigenvalue weighted by Gasteiger charge is -2.06. The Morgan fingerprint density at radius 1 is 1.07 bits per heavy atom. The Hall–Kier alpha value is -0.140. The van der Waals surface area contributed by atoms with Gasteiger partial charge in [0.15, 0.2) is 0 Å². The van der Waals surface area contributed by atoms with Crippen molar-refractivity contribution in [2.45, 2.75) is 25.8 Å². The van der Waals surface area contributed by atoms with Gasteiger partial charge in [-0.2, -0.15) is 0 Å². The molecular formula is C8H19NO4S2. The quantitative estimate of drug-likeness (QED) is 0.668. The third-order valence-electron chi connectivity index (χ3n) is 1.85. The Balaban J connectivity index is 3.96. The molecular weight excluding hydrogens is 238 g/mol. The molecule has 0 aliphatic rings. The van der Waals surface area contributed by atoms with Gasteiger partial charge in [0.1, 0.15) is 19.7 Å². The summed E-state index contributed by atoms with van der Waals surface area (Å²) in [5.41, 5.74) is 5.44. The van der Waals surface area contributed by atoms with E-state index >= 15 is 0 Å². The van der Waals surface area contributed by atoms with Crippen LogP contribution >= 0.6 is 0 Å². The molecule has 5 nitrogen and oxygen atoms in total. The molecule has 0 rings (SSSR count). The van der Waals surface area contributed by atoms with Gasteiger partial charge in [-0.3, -0.25) is 0 Å². The molecule has 0 fully saturated rings. The fourth-order valence-corrected chi connectivity index (χ4v) is 3.38. The van der Waals surface area contributed by atoms with E-state index in [9.17, 15) is 16.8 Å². The van der Waals surface area contributed by atoms with Crippen LogP contribution in [0.25, 0.3) is 0 Å². The number of rotatable bonds is 7. The van der Waals surface area contributed by atoms with Gasteiger partial charge >= 0.3 is 0 Å². The highest BCUT2D eigenvalue weighted by Crippen LogP contribution is 2.00. The molecule has 0 bridgehead atoms. The zero-order valence-corrected chi connectivity index (χ0v) is 10.8. The van der Waals surface area contributed by atoms with Crippen molar-refractivity contribution in [1.29, 1.82) is 0 Å². The lowest BCUT2D eigenvalue weighted by molar-refractivity contribution is 0.585. The summed E-state index contributed by atoms with van der Waals surface area (Å²) in [5, 5.41) is 0. The van der Waals surface area contributed by atoms with Gasteiger partial charge in [-0.25, -0.2) is 16.8 Å². The Bertz CT molecular complexity index is 369. The van der Waals surface area contributed by atoms with Crippen LogP contribution in [0.2, 0.25) is 0 Å². The molecule has 2 N–H and O–H groups in total. The van der Waals surface area contributed by atoms with Crippen LogP contribution in [0.5, 0.6) is 0 Å². The Morgan fingerprint density at radius 3 is 2.00 bits per heavy atom. The predicted octanol–water partition coefficient (Wildman–Crippen LogP) is -0.427. The fourth-order valence-electron chi connectivity index (χ4n) is 1.01. The van der Waals surface area contributed by atoms with Gasteiger partial charge in [-0.05, 0) is 19.8 Å². The zero-order chi connectivity index (χ0) is 12.1. The Morgan fingerprint density at radius 2 is 1.60 bits per heavy atom. The molecule has 0 aliphatic heterocycles. The number of nitrogens with two attached hydrogens (primary N) is 1. The van der Waals surface area contributed by atoms with Crippen LogP contribution in [0.3, 0.4) is 0 Å². The first-order chi connectivity index (χ1) is 6.62. The molecule has 0 aromatic heterocycles. The number of hydrogen-bond donors (Lipinski definition) is 1. The first kappa shape index (κ1) is 14.9. The SMILES string of the molecule is CC(N)CCS(=O)(=O)CCCS(C)(=O)=O. The van der Waals surface area contributed by atoms with Gasteiger partial charge in [-0.15, -0.1) is 0 Å². The summed E-state index contributed by atoms with van der Waals surface area (Å²) in [7, 11) is -6.21. The van der Waals surface area contributed by atoms with Crippen molar-refractivity contribution in [3.63, 3.8) is 0 Å². The molecule has 0 aliphatic carbocycles. The minimum atomic E-state index is -3.14. The Kier molecular flexibility index (Phi) is 5.76. The van der Waals surface area contributed by atoms with Crippen LogP contribution in [0.1, 0.15) is 19.8 Å². The molecule has 0 aromatic rings. The summed E-state index contributed by atoms with van der Waals surface area (Å²) in [6, 6.07) is -0.144. The second-order valence-corrected chi connectivity index (χ2v) is 8.46. The van der Waals surface area contributed by atoms with Crippen molar-refractivity contribution < 1.29 is 16.8 Å². The summed E-state index contributed by atoms with van der Waals surface area (Å²) >= 11 is 0. The van der Waals surface area contributed by atoms with E-state index in [1.54, 1.807) is 6.92 Å². The molecule has 0 spiro atoms. The van der Waals surface area contributed by atoms with Crippen LogP contribution in [0.15, 0.2) is 0 Å². The van der Waals surface area contributed by atoms with Crippen LogP contribution in [-0.4, -0.2) is 46.4 Å². The van der Waals surface area contributed by atoms with Gasteiger partial charge in [0.25, 0.3) is 0 Å². The molecule has 0 aromatic carbocycles. The van der Waals surface area contributed by atoms with Crippen LogP contribution in [-0.2, 0) is 19.7 Å². The number of sulfone groups is 2. The molecule has 0 heterocycles. The first-order valence-electron chi connectivity index (χ1n) is 4.76. The summed E-state index contributed by atoms with van der Waals surface area (Å²) in [6.07, 6.45) is 1.68. The molecule has 0 amide bonds. The van der Waals surface area contributed by atoms with Crippen molar-refractivity contribution in [2.75, 3.05) is 23.5 Å².